The Bertz CT molecular complexity index is 401. The van der Waals surface area contributed by atoms with Crippen LogP contribution in [-0.4, -0.2) is 7.11 Å². The molecule has 0 spiro atoms. The summed E-state index contributed by atoms with van der Waals surface area (Å²) in [5.41, 5.74) is 0. The lowest BCUT2D eigenvalue weighted by Gasteiger charge is -2.40. The Morgan fingerprint density at radius 2 is 1.67 bits per heavy atom. The molecule has 0 atom stereocenters. The van der Waals surface area contributed by atoms with Crippen LogP contribution in [0.3, 0.4) is 0 Å². The van der Waals surface area contributed by atoms with Gasteiger partial charge in [0.25, 0.3) is 0 Å². The van der Waals surface area contributed by atoms with E-state index in [4.69, 9.17) is 0 Å². The molecule has 0 heterocycles. The first-order valence-corrected chi connectivity index (χ1v) is 6.26. The van der Waals surface area contributed by atoms with Crippen LogP contribution < -0.4 is 4.74 Å². The number of hydrogen-bond acceptors (Lipinski definition) is 1. The predicted octanol–water partition coefficient (Wildman–Crippen LogP) is 5.12. The van der Waals surface area contributed by atoms with Crippen LogP contribution >= 0.6 is 26.2 Å². The molecule has 88 valence electrons. The third-order valence-electron chi connectivity index (χ3n) is 1.57. The summed E-state index contributed by atoms with van der Waals surface area (Å²) < 4.78 is 66.0. The molecular weight excluding hydrogens is 307 g/mol. The maximum atomic E-state index is 12.3. The fourth-order valence-electron chi connectivity index (χ4n) is 0.887. The van der Waals surface area contributed by atoms with Crippen LogP contribution in [0.25, 0.3) is 0 Å². The van der Waals surface area contributed by atoms with Gasteiger partial charge in [0.15, 0.2) is 0 Å². The lowest BCUT2D eigenvalue weighted by molar-refractivity contribution is 0.363. The van der Waals surface area contributed by atoms with Crippen molar-refractivity contribution in [1.29, 1.82) is 0 Å². The molecule has 0 unspecified atom stereocenters. The van der Waals surface area contributed by atoms with Gasteiger partial charge in [0.2, 0.25) is 0 Å². The maximum Gasteiger partial charge on any atom is 0.310 e. The number of ether oxygens (including phenoxy) is 1. The highest BCUT2D eigenvalue weighted by Gasteiger charge is 2.65. The number of benzene rings is 1. The number of halogens is 6. The predicted molar refractivity (Wildman–Crippen MR) is 52.1 cm³/mol. The molecule has 0 radical (unpaired) electrons. The Balaban J connectivity index is 3.39. The highest BCUT2D eigenvalue weighted by molar-refractivity contribution is 9.10. The largest absolute Gasteiger partial charge is 0.496 e. The summed E-state index contributed by atoms with van der Waals surface area (Å²) in [5.74, 6) is 0.0561. The quantitative estimate of drug-likeness (QED) is 0.689. The topological polar surface area (TPSA) is 9.23 Å². The molecule has 0 bridgehead atoms. The Labute approximate surface area is 91.1 Å². The van der Waals surface area contributed by atoms with Crippen LogP contribution in [0.15, 0.2) is 27.6 Å². The minimum atomic E-state index is -9.59. The SMILES string of the molecule is COc1ccc(S(F)(F)(F)(F)F)cc1Br. The van der Waals surface area contributed by atoms with Gasteiger partial charge in [-0.3, -0.25) is 0 Å². The minimum Gasteiger partial charge on any atom is -0.496 e. The van der Waals surface area contributed by atoms with Crippen molar-refractivity contribution in [2.75, 3.05) is 7.11 Å². The standard InChI is InChI=1S/C7H6BrF5OS/c1-14-7-3-2-5(4-6(7)8)15(9,10,11,12)13/h2-4H,1H3. The summed E-state index contributed by atoms with van der Waals surface area (Å²) in [6.07, 6.45) is 0. The molecule has 8 heteroatoms. The smallest absolute Gasteiger partial charge is 0.310 e. The second-order valence-electron chi connectivity index (χ2n) is 2.77. The summed E-state index contributed by atoms with van der Waals surface area (Å²) in [4.78, 5) is -1.94. The van der Waals surface area contributed by atoms with Gasteiger partial charge >= 0.3 is 10.2 Å². The maximum absolute atomic E-state index is 12.3. The average molecular weight is 313 g/mol. The molecule has 0 amide bonds. The summed E-state index contributed by atoms with van der Waals surface area (Å²) >= 11 is 2.71. The molecule has 0 aliphatic carbocycles. The first-order chi connectivity index (χ1) is 6.44. The van der Waals surface area contributed by atoms with Crippen LogP contribution in [0, 0.1) is 0 Å². The van der Waals surface area contributed by atoms with E-state index in [-0.39, 0.29) is 10.2 Å². The molecule has 0 saturated carbocycles. The Morgan fingerprint density at radius 3 is 2.00 bits per heavy atom. The van der Waals surface area contributed by atoms with Crippen LogP contribution in [0.1, 0.15) is 0 Å². The van der Waals surface area contributed by atoms with Crippen molar-refractivity contribution in [3.63, 3.8) is 0 Å². The van der Waals surface area contributed by atoms with Gasteiger partial charge in [-0.25, -0.2) is 0 Å². The lowest BCUT2D eigenvalue weighted by Crippen LogP contribution is -2.05. The molecule has 0 aliphatic heterocycles. The molecule has 1 rings (SSSR count). The first kappa shape index (κ1) is 12.6. The van der Waals surface area contributed by atoms with Crippen molar-refractivity contribution >= 4 is 26.2 Å². The van der Waals surface area contributed by atoms with Gasteiger partial charge in [-0.15, -0.1) is 0 Å². The molecule has 15 heavy (non-hydrogen) atoms. The van der Waals surface area contributed by atoms with Gasteiger partial charge in [0.1, 0.15) is 10.6 Å². The lowest BCUT2D eigenvalue weighted by atomic mass is 10.3. The first-order valence-electron chi connectivity index (χ1n) is 3.52. The number of hydrogen-bond donors (Lipinski definition) is 0. The Hall–Kier alpha value is -0.500. The minimum absolute atomic E-state index is 0.0561. The van der Waals surface area contributed by atoms with Crippen molar-refractivity contribution in [3.05, 3.63) is 22.7 Å². The third-order valence-corrected chi connectivity index (χ3v) is 3.33. The van der Waals surface area contributed by atoms with Crippen LogP contribution in [0.5, 0.6) is 5.75 Å². The van der Waals surface area contributed by atoms with E-state index in [1.807, 2.05) is 0 Å². The molecule has 0 saturated heterocycles. The van der Waals surface area contributed by atoms with Gasteiger partial charge in [-0.1, -0.05) is 19.4 Å². The van der Waals surface area contributed by atoms with Crippen LogP contribution in [0.2, 0.25) is 0 Å². The average Bonchev–Trinajstić information content (AvgIpc) is 2.00. The van der Waals surface area contributed by atoms with Gasteiger partial charge < -0.3 is 4.74 Å². The molecule has 1 nitrogen and oxygen atoms in total. The zero-order valence-corrected chi connectivity index (χ0v) is 9.72. The number of methoxy groups -OCH3 is 1. The van der Waals surface area contributed by atoms with E-state index in [1.54, 1.807) is 0 Å². The second kappa shape index (κ2) is 2.79. The zero-order valence-electron chi connectivity index (χ0n) is 7.32. The van der Waals surface area contributed by atoms with Crippen molar-refractivity contribution in [2.24, 2.45) is 0 Å². The van der Waals surface area contributed by atoms with Gasteiger partial charge in [0, 0.05) is 0 Å². The molecule has 0 fully saturated rings. The summed E-state index contributed by atoms with van der Waals surface area (Å²) in [7, 11) is -8.36. The van der Waals surface area contributed by atoms with Gasteiger partial charge in [0.05, 0.1) is 11.6 Å². The Morgan fingerprint density at radius 1 is 1.13 bits per heavy atom. The fourth-order valence-corrected chi connectivity index (χ4v) is 2.25. The van der Waals surface area contributed by atoms with Gasteiger partial charge in [-0.2, -0.15) is 0 Å². The van der Waals surface area contributed by atoms with E-state index in [0.717, 1.165) is 6.07 Å². The van der Waals surface area contributed by atoms with Crippen molar-refractivity contribution < 1.29 is 24.2 Å². The van der Waals surface area contributed by atoms with E-state index >= 15 is 0 Å². The highest BCUT2D eigenvalue weighted by Crippen LogP contribution is 3.02. The fraction of sp³-hybridized carbons (Fsp3) is 0.143. The van der Waals surface area contributed by atoms with Crippen molar-refractivity contribution in [3.8, 4) is 5.75 Å². The molecule has 1 aromatic rings. The molecule has 0 aliphatic rings. The summed E-state index contributed by atoms with van der Waals surface area (Å²) in [6.45, 7) is 0. The monoisotopic (exact) mass is 312 g/mol. The third kappa shape index (κ3) is 2.97. The van der Waals surface area contributed by atoms with Crippen LogP contribution in [-0.2, 0) is 0 Å². The van der Waals surface area contributed by atoms with E-state index in [1.165, 1.54) is 7.11 Å². The molecule has 0 N–H and O–H groups in total. The second-order valence-corrected chi connectivity index (χ2v) is 6.03. The Kier molecular flexibility index (Phi) is 2.34. The van der Waals surface area contributed by atoms with E-state index in [2.05, 4.69) is 20.7 Å². The van der Waals surface area contributed by atoms with Gasteiger partial charge in [-0.05, 0) is 34.1 Å². The van der Waals surface area contributed by atoms with E-state index < -0.39 is 15.1 Å². The highest BCUT2D eigenvalue weighted by atomic mass is 79.9. The molecular formula is C7H6BrF5OS. The van der Waals surface area contributed by atoms with Crippen LogP contribution in [0.4, 0.5) is 19.4 Å². The van der Waals surface area contributed by atoms with Crippen molar-refractivity contribution in [1.82, 2.24) is 0 Å². The zero-order chi connectivity index (χ0) is 12.0. The summed E-state index contributed by atoms with van der Waals surface area (Å²) in [6, 6.07) is 1.43. The summed E-state index contributed by atoms with van der Waals surface area (Å²) in [5, 5.41) is 0. The normalized spacial score (nSPS) is 16.7. The van der Waals surface area contributed by atoms with Crippen molar-refractivity contribution in [2.45, 2.75) is 4.90 Å². The molecule has 1 aromatic carbocycles. The molecule has 0 aromatic heterocycles. The van der Waals surface area contributed by atoms with E-state index in [0.29, 0.717) is 12.1 Å². The number of rotatable bonds is 2. The van der Waals surface area contributed by atoms with E-state index in [9.17, 15) is 19.4 Å².